The van der Waals surface area contributed by atoms with Crippen LogP contribution in [0, 0.1) is 0 Å². The molecular weight excluding hydrogens is 160 g/mol. The molecule has 0 amide bonds. The van der Waals surface area contributed by atoms with Gasteiger partial charge >= 0.3 is 0 Å². The summed E-state index contributed by atoms with van der Waals surface area (Å²) in [5.41, 5.74) is 0.417. The fraction of sp³-hybridized carbons (Fsp3) is 1.00. The zero-order valence-electron chi connectivity index (χ0n) is 8.97. The molecule has 2 heteroatoms. The molecule has 2 nitrogen and oxygen atoms in total. The second-order valence-corrected chi connectivity index (χ2v) is 4.93. The smallest absolute Gasteiger partial charge is 0.0174 e. The minimum atomic E-state index is 0.417. The molecule has 76 valence electrons. The molecule has 1 heterocycles. The van der Waals surface area contributed by atoms with Crippen LogP contribution in [-0.4, -0.2) is 36.6 Å². The molecule has 0 bridgehead atoms. The van der Waals surface area contributed by atoms with Crippen LogP contribution >= 0.6 is 0 Å². The van der Waals surface area contributed by atoms with Gasteiger partial charge in [0, 0.05) is 24.7 Å². The highest BCUT2D eigenvalue weighted by molar-refractivity contribution is 4.91. The molecule has 1 saturated carbocycles. The van der Waals surface area contributed by atoms with Gasteiger partial charge < -0.3 is 10.2 Å². The van der Waals surface area contributed by atoms with Crippen LogP contribution in [0.2, 0.25) is 0 Å². The molecule has 1 aliphatic heterocycles. The zero-order chi connectivity index (χ0) is 9.31. The van der Waals surface area contributed by atoms with Gasteiger partial charge in [-0.2, -0.15) is 0 Å². The Morgan fingerprint density at radius 2 is 1.85 bits per heavy atom. The first-order chi connectivity index (χ1) is 6.23. The SMILES string of the molecule is CNC1(C)CCN(C2CCC2)CC1. The lowest BCUT2D eigenvalue weighted by Gasteiger charge is -2.45. The first-order valence-corrected chi connectivity index (χ1v) is 5.66. The van der Waals surface area contributed by atoms with Crippen LogP contribution in [-0.2, 0) is 0 Å². The van der Waals surface area contributed by atoms with Gasteiger partial charge in [0.2, 0.25) is 0 Å². The van der Waals surface area contributed by atoms with Crippen LogP contribution < -0.4 is 5.32 Å². The molecule has 1 N–H and O–H groups in total. The van der Waals surface area contributed by atoms with Crippen LogP contribution in [0.4, 0.5) is 0 Å². The summed E-state index contributed by atoms with van der Waals surface area (Å²) in [5, 5.41) is 3.45. The largest absolute Gasteiger partial charge is 0.314 e. The van der Waals surface area contributed by atoms with Crippen molar-refractivity contribution in [2.75, 3.05) is 20.1 Å². The predicted octanol–water partition coefficient (Wildman–Crippen LogP) is 1.61. The first kappa shape index (κ1) is 9.47. The Balaban J connectivity index is 1.81. The van der Waals surface area contributed by atoms with E-state index in [1.54, 1.807) is 0 Å². The Kier molecular flexibility index (Phi) is 2.61. The molecule has 1 saturated heterocycles. The van der Waals surface area contributed by atoms with Crippen LogP contribution in [0.1, 0.15) is 39.0 Å². The first-order valence-electron chi connectivity index (χ1n) is 5.66. The third kappa shape index (κ3) is 1.89. The molecule has 0 spiro atoms. The Hall–Kier alpha value is -0.0800. The van der Waals surface area contributed by atoms with E-state index >= 15 is 0 Å². The molecule has 0 aromatic carbocycles. The van der Waals surface area contributed by atoms with E-state index in [0.29, 0.717) is 5.54 Å². The molecular formula is C11H22N2. The molecule has 0 radical (unpaired) electrons. The summed E-state index contributed by atoms with van der Waals surface area (Å²) >= 11 is 0. The molecule has 0 unspecified atom stereocenters. The Bertz CT molecular complexity index is 167. The van der Waals surface area contributed by atoms with Crippen molar-refractivity contribution in [3.05, 3.63) is 0 Å². The molecule has 2 fully saturated rings. The predicted molar refractivity (Wildman–Crippen MR) is 55.9 cm³/mol. The minimum Gasteiger partial charge on any atom is -0.314 e. The Morgan fingerprint density at radius 1 is 1.23 bits per heavy atom. The van der Waals surface area contributed by atoms with Gasteiger partial charge in [-0.15, -0.1) is 0 Å². The van der Waals surface area contributed by atoms with E-state index in [9.17, 15) is 0 Å². The molecule has 2 rings (SSSR count). The highest BCUT2D eigenvalue weighted by Crippen LogP contribution is 2.30. The van der Waals surface area contributed by atoms with E-state index in [-0.39, 0.29) is 0 Å². The van der Waals surface area contributed by atoms with Crippen molar-refractivity contribution in [2.45, 2.75) is 50.6 Å². The van der Waals surface area contributed by atoms with E-state index in [0.717, 1.165) is 6.04 Å². The Labute approximate surface area is 81.7 Å². The molecule has 0 aromatic rings. The Morgan fingerprint density at radius 3 is 2.23 bits per heavy atom. The summed E-state index contributed by atoms with van der Waals surface area (Å²) in [4.78, 5) is 2.70. The van der Waals surface area contributed by atoms with Crippen LogP contribution in [0.5, 0.6) is 0 Å². The van der Waals surface area contributed by atoms with E-state index < -0.39 is 0 Å². The average molecular weight is 182 g/mol. The molecule has 2 aliphatic rings. The van der Waals surface area contributed by atoms with Crippen molar-refractivity contribution in [3.63, 3.8) is 0 Å². The second-order valence-electron chi connectivity index (χ2n) is 4.93. The van der Waals surface area contributed by atoms with Gasteiger partial charge in [0.05, 0.1) is 0 Å². The summed E-state index contributed by atoms with van der Waals surface area (Å²) in [6.07, 6.45) is 7.01. The quantitative estimate of drug-likeness (QED) is 0.698. The number of likely N-dealkylation sites (tertiary alicyclic amines) is 1. The summed E-state index contributed by atoms with van der Waals surface area (Å²) in [6.45, 7) is 4.97. The number of nitrogens with one attached hydrogen (secondary N) is 1. The summed E-state index contributed by atoms with van der Waals surface area (Å²) in [5.74, 6) is 0. The van der Waals surface area contributed by atoms with Gasteiger partial charge in [-0.05, 0) is 39.7 Å². The van der Waals surface area contributed by atoms with E-state index in [4.69, 9.17) is 0 Å². The van der Waals surface area contributed by atoms with Gasteiger partial charge in [0.15, 0.2) is 0 Å². The highest BCUT2D eigenvalue weighted by atomic mass is 15.2. The molecule has 0 aromatic heterocycles. The van der Waals surface area contributed by atoms with Gasteiger partial charge in [0.25, 0.3) is 0 Å². The molecule has 1 aliphatic carbocycles. The van der Waals surface area contributed by atoms with Crippen LogP contribution in [0.15, 0.2) is 0 Å². The zero-order valence-corrected chi connectivity index (χ0v) is 8.97. The van der Waals surface area contributed by atoms with Crippen molar-refractivity contribution < 1.29 is 0 Å². The molecule has 0 atom stereocenters. The fourth-order valence-electron chi connectivity index (χ4n) is 2.38. The summed E-state index contributed by atoms with van der Waals surface area (Å²) in [6, 6.07) is 0.946. The maximum Gasteiger partial charge on any atom is 0.0174 e. The third-order valence-electron chi connectivity index (χ3n) is 4.10. The minimum absolute atomic E-state index is 0.417. The summed E-state index contributed by atoms with van der Waals surface area (Å²) < 4.78 is 0. The number of nitrogens with zero attached hydrogens (tertiary/aromatic N) is 1. The highest BCUT2D eigenvalue weighted by Gasteiger charge is 2.33. The second kappa shape index (κ2) is 3.58. The van der Waals surface area contributed by atoms with Crippen molar-refractivity contribution in [3.8, 4) is 0 Å². The van der Waals surface area contributed by atoms with Gasteiger partial charge in [-0.3, -0.25) is 0 Å². The van der Waals surface area contributed by atoms with Gasteiger partial charge in [-0.25, -0.2) is 0 Å². The average Bonchev–Trinajstić information content (AvgIpc) is 2.06. The fourth-order valence-corrected chi connectivity index (χ4v) is 2.38. The number of piperidine rings is 1. The summed E-state index contributed by atoms with van der Waals surface area (Å²) in [7, 11) is 2.10. The van der Waals surface area contributed by atoms with E-state index in [2.05, 4.69) is 24.2 Å². The van der Waals surface area contributed by atoms with Crippen molar-refractivity contribution >= 4 is 0 Å². The van der Waals surface area contributed by atoms with E-state index in [1.807, 2.05) is 0 Å². The lowest BCUT2D eigenvalue weighted by molar-refractivity contribution is 0.0707. The number of hydrogen-bond acceptors (Lipinski definition) is 2. The van der Waals surface area contributed by atoms with Crippen molar-refractivity contribution in [1.82, 2.24) is 10.2 Å². The van der Waals surface area contributed by atoms with Gasteiger partial charge in [0.1, 0.15) is 0 Å². The maximum absolute atomic E-state index is 3.45. The normalized spacial score (nSPS) is 30.0. The van der Waals surface area contributed by atoms with Crippen molar-refractivity contribution in [1.29, 1.82) is 0 Å². The van der Waals surface area contributed by atoms with Crippen LogP contribution in [0.25, 0.3) is 0 Å². The third-order valence-corrected chi connectivity index (χ3v) is 4.10. The number of hydrogen-bond donors (Lipinski definition) is 1. The van der Waals surface area contributed by atoms with Gasteiger partial charge in [-0.1, -0.05) is 6.42 Å². The van der Waals surface area contributed by atoms with Crippen molar-refractivity contribution in [2.24, 2.45) is 0 Å². The van der Waals surface area contributed by atoms with Crippen LogP contribution in [0.3, 0.4) is 0 Å². The van der Waals surface area contributed by atoms with E-state index in [1.165, 1.54) is 45.2 Å². The monoisotopic (exact) mass is 182 g/mol. The lowest BCUT2D eigenvalue weighted by atomic mass is 9.85. The maximum atomic E-state index is 3.45. The lowest BCUT2D eigenvalue weighted by Crippen LogP contribution is -2.53. The topological polar surface area (TPSA) is 15.3 Å². The number of rotatable bonds is 2. The molecule has 13 heavy (non-hydrogen) atoms. The standard InChI is InChI=1S/C11H22N2/c1-11(12-2)6-8-13(9-7-11)10-4-3-5-10/h10,12H,3-9H2,1-2H3.